The summed E-state index contributed by atoms with van der Waals surface area (Å²) in [6, 6.07) is 2.12. The van der Waals surface area contributed by atoms with Crippen LogP contribution in [0.2, 0.25) is 0 Å². The van der Waals surface area contributed by atoms with Gasteiger partial charge in [0.1, 0.15) is 0 Å². The Bertz CT molecular complexity index is 402. The fourth-order valence-electron chi connectivity index (χ4n) is 3.34. The van der Waals surface area contributed by atoms with Crippen LogP contribution < -0.4 is 0 Å². The Labute approximate surface area is 116 Å². The molecule has 0 radical (unpaired) electrons. The van der Waals surface area contributed by atoms with Crippen molar-refractivity contribution >= 4 is 5.91 Å². The zero-order valence-electron chi connectivity index (χ0n) is 11.3. The number of likely N-dealkylation sites (tertiary alicyclic amines) is 1. The minimum absolute atomic E-state index is 0.0510. The van der Waals surface area contributed by atoms with E-state index in [0.717, 1.165) is 6.42 Å². The van der Waals surface area contributed by atoms with Gasteiger partial charge < -0.3 is 4.90 Å². The molecule has 2 rings (SSSR count). The lowest BCUT2D eigenvalue weighted by Gasteiger charge is -2.37. The minimum Gasteiger partial charge on any atom is -0.341 e. The van der Waals surface area contributed by atoms with Gasteiger partial charge in [0, 0.05) is 19.0 Å². The van der Waals surface area contributed by atoms with Gasteiger partial charge in [0.05, 0.1) is 17.9 Å². The van der Waals surface area contributed by atoms with E-state index in [-0.39, 0.29) is 18.9 Å². The van der Waals surface area contributed by atoms with Gasteiger partial charge >= 0.3 is 6.18 Å². The maximum Gasteiger partial charge on any atom is 0.392 e. The summed E-state index contributed by atoms with van der Waals surface area (Å²) in [6.07, 6.45) is -1.29. The third-order valence-corrected chi connectivity index (χ3v) is 4.42. The van der Waals surface area contributed by atoms with E-state index in [4.69, 9.17) is 5.26 Å². The van der Waals surface area contributed by atoms with Gasteiger partial charge in [-0.05, 0) is 25.7 Å². The molecule has 0 spiro atoms. The molecule has 112 valence electrons. The highest BCUT2D eigenvalue weighted by atomic mass is 19.4. The third-order valence-electron chi connectivity index (χ3n) is 4.42. The number of carbonyl (C=O) groups excluding carboxylic acids is 1. The molecule has 0 N–H and O–H groups in total. The number of rotatable bonds is 1. The largest absolute Gasteiger partial charge is 0.392 e. The summed E-state index contributed by atoms with van der Waals surface area (Å²) >= 11 is 0. The van der Waals surface area contributed by atoms with Gasteiger partial charge in [-0.3, -0.25) is 4.79 Å². The maximum atomic E-state index is 13.0. The standard InChI is InChI=1S/C14H19F3N2O/c15-14(16,17)12-6-2-1-5-11(12)13(20)19-7-3-4-10(8-18)9-19/h10-12H,1-7,9H2. The van der Waals surface area contributed by atoms with Crippen molar-refractivity contribution in [1.29, 1.82) is 5.26 Å². The number of piperidine rings is 1. The predicted molar refractivity (Wildman–Crippen MR) is 66.4 cm³/mol. The van der Waals surface area contributed by atoms with Crippen molar-refractivity contribution < 1.29 is 18.0 Å². The second kappa shape index (κ2) is 6.02. The smallest absolute Gasteiger partial charge is 0.341 e. The molecule has 2 fully saturated rings. The van der Waals surface area contributed by atoms with Crippen molar-refractivity contribution in [3.8, 4) is 6.07 Å². The molecule has 3 nitrogen and oxygen atoms in total. The second-order valence-corrected chi connectivity index (χ2v) is 5.79. The number of hydrogen-bond acceptors (Lipinski definition) is 2. The summed E-state index contributed by atoms with van der Waals surface area (Å²) in [5, 5.41) is 8.91. The number of nitrogens with zero attached hydrogens (tertiary/aromatic N) is 2. The van der Waals surface area contributed by atoms with Crippen LogP contribution in [0.5, 0.6) is 0 Å². The molecular formula is C14H19F3N2O. The maximum absolute atomic E-state index is 13.0. The van der Waals surface area contributed by atoms with Crippen LogP contribution in [-0.4, -0.2) is 30.1 Å². The van der Waals surface area contributed by atoms with E-state index in [9.17, 15) is 18.0 Å². The quantitative estimate of drug-likeness (QED) is 0.744. The van der Waals surface area contributed by atoms with Crippen molar-refractivity contribution in [2.75, 3.05) is 13.1 Å². The van der Waals surface area contributed by atoms with Gasteiger partial charge in [0.2, 0.25) is 5.91 Å². The van der Waals surface area contributed by atoms with Crippen molar-refractivity contribution in [2.24, 2.45) is 17.8 Å². The highest BCUT2D eigenvalue weighted by Crippen LogP contribution is 2.42. The average molecular weight is 288 g/mol. The van der Waals surface area contributed by atoms with Crippen molar-refractivity contribution in [3.63, 3.8) is 0 Å². The normalized spacial score (nSPS) is 31.7. The summed E-state index contributed by atoms with van der Waals surface area (Å²) < 4.78 is 39.1. The van der Waals surface area contributed by atoms with Crippen molar-refractivity contribution in [2.45, 2.75) is 44.7 Å². The first kappa shape index (κ1) is 15.1. The molecule has 1 heterocycles. The summed E-state index contributed by atoms with van der Waals surface area (Å²) in [7, 11) is 0. The van der Waals surface area contributed by atoms with Gasteiger partial charge in [-0.2, -0.15) is 18.4 Å². The lowest BCUT2D eigenvalue weighted by Crippen LogP contribution is -2.47. The Hall–Kier alpha value is -1.25. The monoisotopic (exact) mass is 288 g/mol. The summed E-state index contributed by atoms with van der Waals surface area (Å²) in [5.74, 6) is -3.08. The Morgan fingerprint density at radius 3 is 2.50 bits per heavy atom. The molecule has 1 amide bonds. The van der Waals surface area contributed by atoms with E-state index in [1.807, 2.05) is 0 Å². The van der Waals surface area contributed by atoms with Crippen LogP contribution >= 0.6 is 0 Å². The van der Waals surface area contributed by atoms with E-state index in [2.05, 4.69) is 6.07 Å². The zero-order valence-corrected chi connectivity index (χ0v) is 11.3. The van der Waals surface area contributed by atoms with E-state index in [1.54, 1.807) is 0 Å². The molecule has 1 saturated carbocycles. The zero-order chi connectivity index (χ0) is 14.8. The molecular weight excluding hydrogens is 269 g/mol. The Balaban J connectivity index is 2.08. The van der Waals surface area contributed by atoms with Crippen molar-refractivity contribution in [3.05, 3.63) is 0 Å². The number of nitriles is 1. The molecule has 0 aromatic carbocycles. The van der Waals surface area contributed by atoms with Crippen LogP contribution in [0.4, 0.5) is 13.2 Å². The average Bonchev–Trinajstić information content (AvgIpc) is 2.45. The lowest BCUT2D eigenvalue weighted by molar-refractivity contribution is -0.201. The summed E-state index contributed by atoms with van der Waals surface area (Å²) in [4.78, 5) is 13.9. The van der Waals surface area contributed by atoms with Crippen LogP contribution in [0.1, 0.15) is 38.5 Å². The number of halogens is 3. The molecule has 1 saturated heterocycles. The van der Waals surface area contributed by atoms with Crippen molar-refractivity contribution in [1.82, 2.24) is 4.90 Å². The first-order valence-corrected chi connectivity index (χ1v) is 7.18. The topological polar surface area (TPSA) is 44.1 Å². The number of amides is 1. The number of carbonyl (C=O) groups is 1. The fraction of sp³-hybridized carbons (Fsp3) is 0.857. The molecule has 20 heavy (non-hydrogen) atoms. The van der Waals surface area contributed by atoms with Crippen LogP contribution in [0, 0.1) is 29.1 Å². The number of alkyl halides is 3. The minimum atomic E-state index is -4.30. The first-order chi connectivity index (χ1) is 9.43. The predicted octanol–water partition coefficient (Wildman–Crippen LogP) is 3.12. The summed E-state index contributed by atoms with van der Waals surface area (Å²) in [5.41, 5.74) is 0. The Kier molecular flexibility index (Phi) is 4.56. The highest BCUT2D eigenvalue weighted by Gasteiger charge is 2.49. The van der Waals surface area contributed by atoms with Gasteiger partial charge in [-0.1, -0.05) is 12.8 Å². The van der Waals surface area contributed by atoms with E-state index in [1.165, 1.54) is 4.90 Å². The molecule has 2 aliphatic rings. The Morgan fingerprint density at radius 1 is 1.15 bits per heavy atom. The van der Waals surface area contributed by atoms with Crippen LogP contribution in [-0.2, 0) is 4.79 Å². The Morgan fingerprint density at radius 2 is 1.85 bits per heavy atom. The van der Waals surface area contributed by atoms with Gasteiger partial charge in [0.25, 0.3) is 0 Å². The van der Waals surface area contributed by atoms with E-state index < -0.39 is 23.9 Å². The van der Waals surface area contributed by atoms with Crippen LogP contribution in [0.25, 0.3) is 0 Å². The fourth-order valence-corrected chi connectivity index (χ4v) is 3.34. The third kappa shape index (κ3) is 3.25. The summed E-state index contributed by atoms with van der Waals surface area (Å²) in [6.45, 7) is 0.772. The lowest BCUT2D eigenvalue weighted by atomic mass is 9.77. The van der Waals surface area contributed by atoms with Crippen LogP contribution in [0.3, 0.4) is 0 Å². The van der Waals surface area contributed by atoms with Gasteiger partial charge in [-0.25, -0.2) is 0 Å². The molecule has 1 aliphatic heterocycles. The SMILES string of the molecule is N#CC1CCCN(C(=O)C2CCCCC2C(F)(F)F)C1. The highest BCUT2D eigenvalue weighted by molar-refractivity contribution is 5.79. The molecule has 3 atom stereocenters. The van der Waals surface area contributed by atoms with Crippen LogP contribution in [0.15, 0.2) is 0 Å². The van der Waals surface area contributed by atoms with E-state index >= 15 is 0 Å². The first-order valence-electron chi connectivity index (χ1n) is 7.18. The van der Waals surface area contributed by atoms with E-state index in [0.29, 0.717) is 32.2 Å². The molecule has 0 bridgehead atoms. The number of hydrogen-bond donors (Lipinski definition) is 0. The van der Waals surface area contributed by atoms with Gasteiger partial charge in [-0.15, -0.1) is 0 Å². The second-order valence-electron chi connectivity index (χ2n) is 5.79. The molecule has 1 aliphatic carbocycles. The van der Waals surface area contributed by atoms with Gasteiger partial charge in [0.15, 0.2) is 0 Å². The molecule has 6 heteroatoms. The molecule has 0 aromatic rings. The molecule has 3 unspecified atom stereocenters. The molecule has 0 aromatic heterocycles.